The summed E-state index contributed by atoms with van der Waals surface area (Å²) in [5.41, 5.74) is 2.85. The number of carbonyl (C=O) groups is 4. The monoisotopic (exact) mass is 670 g/mol. The molecule has 1 saturated carbocycles. The van der Waals surface area contributed by atoms with Crippen molar-refractivity contribution < 1.29 is 29.0 Å². The summed E-state index contributed by atoms with van der Waals surface area (Å²) < 4.78 is 5.33. The third-order valence-electron chi connectivity index (χ3n) is 8.89. The first kappa shape index (κ1) is 37.1. The topological polar surface area (TPSA) is 146 Å². The highest BCUT2D eigenvalue weighted by Crippen LogP contribution is 2.25. The zero-order chi connectivity index (χ0) is 35.0. The Bertz CT molecular complexity index is 1470. The molecule has 10 heteroatoms. The van der Waals surface area contributed by atoms with Crippen LogP contribution in [-0.4, -0.2) is 59.7 Å². The van der Waals surface area contributed by atoms with Crippen molar-refractivity contribution in [1.29, 1.82) is 0 Å². The van der Waals surface area contributed by atoms with Gasteiger partial charge in [0.1, 0.15) is 12.6 Å². The van der Waals surface area contributed by atoms with Crippen LogP contribution < -0.4 is 21.3 Å². The minimum Gasteiger partial charge on any atom is -0.445 e. The molecular formula is C39H50N4O6. The Hall–Kier alpha value is -4.70. The molecule has 0 aromatic heterocycles. The van der Waals surface area contributed by atoms with E-state index in [0.717, 1.165) is 42.4 Å². The number of nitrogens with one attached hydrogen (secondary N) is 4. The minimum absolute atomic E-state index is 0.00202. The number of aliphatic hydroxyl groups excluding tert-OH is 1. The lowest BCUT2D eigenvalue weighted by Crippen LogP contribution is -2.55. The van der Waals surface area contributed by atoms with Crippen molar-refractivity contribution in [2.45, 2.75) is 89.6 Å². The lowest BCUT2D eigenvalue weighted by molar-refractivity contribution is -0.129. The van der Waals surface area contributed by atoms with Crippen molar-refractivity contribution in [2.24, 2.45) is 11.8 Å². The lowest BCUT2D eigenvalue weighted by atomic mass is 9.85. The fourth-order valence-corrected chi connectivity index (χ4v) is 6.15. The van der Waals surface area contributed by atoms with Gasteiger partial charge >= 0.3 is 6.09 Å². The third-order valence-corrected chi connectivity index (χ3v) is 8.89. The fraction of sp³-hybridized carbons (Fsp3) is 0.436. The fourth-order valence-electron chi connectivity index (χ4n) is 6.15. The number of carbonyl (C=O) groups excluding carboxylic acids is 4. The number of hydrogen-bond donors (Lipinski definition) is 5. The summed E-state index contributed by atoms with van der Waals surface area (Å²) in [6, 6.07) is 26.7. The summed E-state index contributed by atoms with van der Waals surface area (Å²) in [4.78, 5) is 52.2. The molecule has 3 aromatic rings. The largest absolute Gasteiger partial charge is 0.445 e. The van der Waals surface area contributed by atoms with Gasteiger partial charge in [0, 0.05) is 18.5 Å². The van der Waals surface area contributed by atoms with Crippen molar-refractivity contribution in [3.63, 3.8) is 0 Å². The van der Waals surface area contributed by atoms with E-state index in [4.69, 9.17) is 4.74 Å². The van der Waals surface area contributed by atoms with E-state index in [2.05, 4.69) is 21.3 Å². The zero-order valence-corrected chi connectivity index (χ0v) is 28.5. The smallest absolute Gasteiger partial charge is 0.408 e. The van der Waals surface area contributed by atoms with E-state index in [9.17, 15) is 24.3 Å². The van der Waals surface area contributed by atoms with Gasteiger partial charge in [-0.05, 0) is 54.7 Å². The molecule has 4 amide bonds. The first-order chi connectivity index (χ1) is 23.7. The van der Waals surface area contributed by atoms with Gasteiger partial charge in [0.2, 0.25) is 17.7 Å². The van der Waals surface area contributed by atoms with Crippen LogP contribution in [0.1, 0.15) is 62.6 Å². The highest BCUT2D eigenvalue weighted by molar-refractivity contribution is 5.86. The molecule has 2 unspecified atom stereocenters. The number of aliphatic hydroxyl groups is 1. The van der Waals surface area contributed by atoms with Crippen molar-refractivity contribution in [3.8, 4) is 0 Å². The Kier molecular flexibility index (Phi) is 14.6. The van der Waals surface area contributed by atoms with Gasteiger partial charge in [-0.1, -0.05) is 111 Å². The van der Waals surface area contributed by atoms with Crippen LogP contribution in [0.2, 0.25) is 0 Å². The third kappa shape index (κ3) is 12.7. The van der Waals surface area contributed by atoms with E-state index in [0.29, 0.717) is 13.0 Å². The normalized spacial score (nSPS) is 17.6. The van der Waals surface area contributed by atoms with Crippen molar-refractivity contribution in [2.75, 3.05) is 6.54 Å². The van der Waals surface area contributed by atoms with Gasteiger partial charge in [0.25, 0.3) is 0 Å². The molecule has 0 aliphatic heterocycles. The highest BCUT2D eigenvalue weighted by Gasteiger charge is 2.32. The van der Waals surface area contributed by atoms with Gasteiger partial charge in [-0.15, -0.1) is 0 Å². The van der Waals surface area contributed by atoms with Crippen LogP contribution in [0.4, 0.5) is 4.79 Å². The van der Waals surface area contributed by atoms with Crippen LogP contribution in [0.3, 0.4) is 0 Å². The molecule has 1 aliphatic carbocycles. The van der Waals surface area contributed by atoms with Crippen LogP contribution in [0.25, 0.3) is 0 Å². The average Bonchev–Trinajstić information content (AvgIpc) is 3.10. The molecule has 10 nitrogen and oxygen atoms in total. The van der Waals surface area contributed by atoms with Gasteiger partial charge < -0.3 is 31.1 Å². The van der Waals surface area contributed by atoms with Gasteiger partial charge in [0.15, 0.2) is 0 Å². The molecule has 0 radical (unpaired) electrons. The maximum absolute atomic E-state index is 13.5. The molecule has 0 heterocycles. The summed E-state index contributed by atoms with van der Waals surface area (Å²) in [6.07, 6.45) is 1.73. The maximum Gasteiger partial charge on any atom is 0.408 e. The van der Waals surface area contributed by atoms with Crippen LogP contribution in [0.15, 0.2) is 91.0 Å². The molecule has 5 N–H and O–H groups in total. The zero-order valence-electron chi connectivity index (χ0n) is 28.5. The Balaban J connectivity index is 1.31. The maximum atomic E-state index is 13.5. The molecule has 0 bridgehead atoms. The Morgan fingerprint density at radius 2 is 1.43 bits per heavy atom. The quantitative estimate of drug-likeness (QED) is 0.152. The average molecular weight is 671 g/mol. The van der Waals surface area contributed by atoms with E-state index < -0.39 is 30.2 Å². The van der Waals surface area contributed by atoms with E-state index in [1.54, 1.807) is 13.8 Å². The predicted molar refractivity (Wildman–Crippen MR) is 188 cm³/mol. The molecule has 262 valence electrons. The van der Waals surface area contributed by atoms with Gasteiger partial charge in [-0.2, -0.15) is 0 Å². The number of ether oxygens (including phenoxy) is 1. The van der Waals surface area contributed by atoms with Crippen LogP contribution in [0, 0.1) is 11.8 Å². The van der Waals surface area contributed by atoms with Gasteiger partial charge in [0.05, 0.1) is 18.6 Å². The number of amides is 4. The number of alkyl carbamates (subject to hydrolysis) is 1. The predicted octanol–water partition coefficient (Wildman–Crippen LogP) is 4.45. The standard InChI is InChI=1S/C39H50N4O6/c1-27(2)36(43-39(48)49-26-30-17-10-5-11-18-30)38(47)42-33(23-29-15-8-4-9-16-29)34(44)25-35(45)41-32-20-12-19-31(24-32)37(46)40-22-21-28-13-6-3-7-14-28/h3-11,13-18,27,31-34,36,44H,12,19-26H2,1-2H3,(H,40,46)(H,41,45)(H,42,47)(H,43,48)/t31?,32?,33-,34-,36-/m0/s1. The molecule has 0 spiro atoms. The van der Waals surface area contributed by atoms with Crippen LogP contribution in [-0.2, 0) is 38.6 Å². The van der Waals surface area contributed by atoms with Crippen LogP contribution in [0.5, 0.6) is 0 Å². The molecular weight excluding hydrogens is 620 g/mol. The van der Waals surface area contributed by atoms with E-state index in [1.165, 1.54) is 0 Å². The summed E-state index contributed by atoms with van der Waals surface area (Å²) in [7, 11) is 0. The van der Waals surface area contributed by atoms with E-state index in [-0.39, 0.29) is 49.1 Å². The molecule has 4 rings (SSSR count). The van der Waals surface area contributed by atoms with Crippen molar-refractivity contribution in [3.05, 3.63) is 108 Å². The summed E-state index contributed by atoms with van der Waals surface area (Å²) >= 11 is 0. The Morgan fingerprint density at radius 3 is 2.06 bits per heavy atom. The molecule has 0 saturated heterocycles. The molecule has 1 fully saturated rings. The number of benzene rings is 3. The van der Waals surface area contributed by atoms with Gasteiger partial charge in [-0.25, -0.2) is 4.79 Å². The summed E-state index contributed by atoms with van der Waals surface area (Å²) in [6.45, 7) is 4.22. The second kappa shape index (κ2) is 19.3. The molecule has 3 aromatic carbocycles. The van der Waals surface area contributed by atoms with E-state index in [1.807, 2.05) is 91.0 Å². The summed E-state index contributed by atoms with van der Waals surface area (Å²) in [5, 5.41) is 22.9. The minimum atomic E-state index is -1.21. The van der Waals surface area contributed by atoms with Gasteiger partial charge in [-0.3, -0.25) is 14.4 Å². The first-order valence-corrected chi connectivity index (χ1v) is 17.3. The van der Waals surface area contributed by atoms with Crippen molar-refractivity contribution in [1.82, 2.24) is 21.3 Å². The SMILES string of the molecule is CC(C)[C@H](NC(=O)OCc1ccccc1)C(=O)N[C@@H](Cc1ccccc1)[C@@H](O)CC(=O)NC1CCCC(C(=O)NCCc2ccccc2)C1. The lowest BCUT2D eigenvalue weighted by Gasteiger charge is -2.30. The first-order valence-electron chi connectivity index (χ1n) is 17.3. The summed E-state index contributed by atoms with van der Waals surface area (Å²) in [5.74, 6) is -1.31. The van der Waals surface area contributed by atoms with E-state index >= 15 is 0 Å². The van der Waals surface area contributed by atoms with Crippen LogP contribution >= 0.6 is 0 Å². The molecule has 5 atom stereocenters. The second-order valence-corrected chi connectivity index (χ2v) is 13.2. The second-order valence-electron chi connectivity index (χ2n) is 13.2. The highest BCUT2D eigenvalue weighted by atomic mass is 16.5. The number of hydrogen-bond acceptors (Lipinski definition) is 6. The van der Waals surface area contributed by atoms with Crippen molar-refractivity contribution >= 4 is 23.8 Å². The molecule has 49 heavy (non-hydrogen) atoms. The Morgan fingerprint density at radius 1 is 0.816 bits per heavy atom. The number of rotatable bonds is 16. The molecule has 1 aliphatic rings. The Labute approximate surface area is 289 Å².